The normalized spacial score (nSPS) is 9.93. The Bertz CT molecular complexity index is 373. The van der Waals surface area contributed by atoms with E-state index >= 15 is 0 Å². The molecule has 0 fully saturated rings. The zero-order valence-electron chi connectivity index (χ0n) is 8.69. The Morgan fingerprint density at radius 1 is 1.40 bits per heavy atom. The van der Waals surface area contributed by atoms with Gasteiger partial charge in [0, 0.05) is 25.4 Å². The summed E-state index contributed by atoms with van der Waals surface area (Å²) in [4.78, 5) is 22.6. The highest BCUT2D eigenvalue weighted by atomic mass is 16.2. The van der Waals surface area contributed by atoms with Gasteiger partial charge in [-0.2, -0.15) is 0 Å². The predicted octanol–water partition coefficient (Wildman–Crippen LogP) is -0.816. The van der Waals surface area contributed by atoms with E-state index in [9.17, 15) is 9.59 Å². The molecule has 1 amide bonds. The first-order valence-corrected chi connectivity index (χ1v) is 4.81. The molecule has 15 heavy (non-hydrogen) atoms. The van der Waals surface area contributed by atoms with Crippen molar-refractivity contribution in [2.45, 2.75) is 6.54 Å². The number of aromatic nitrogens is 1. The number of carbonyl (C=O) groups excluding carboxylic acids is 1. The van der Waals surface area contributed by atoms with Crippen LogP contribution < -0.4 is 16.2 Å². The maximum Gasteiger partial charge on any atom is 0.250 e. The van der Waals surface area contributed by atoms with Gasteiger partial charge in [0.1, 0.15) is 6.54 Å². The van der Waals surface area contributed by atoms with E-state index in [1.165, 1.54) is 10.6 Å². The van der Waals surface area contributed by atoms with Crippen LogP contribution >= 0.6 is 0 Å². The minimum Gasteiger partial charge on any atom is -0.353 e. The van der Waals surface area contributed by atoms with Crippen LogP contribution in [0.3, 0.4) is 0 Å². The van der Waals surface area contributed by atoms with Crippen molar-refractivity contribution >= 4 is 5.91 Å². The van der Waals surface area contributed by atoms with E-state index in [1.54, 1.807) is 18.3 Å². The number of carbonyl (C=O) groups is 1. The lowest BCUT2D eigenvalue weighted by Crippen LogP contribution is -2.35. The van der Waals surface area contributed by atoms with Crippen LogP contribution in [0.5, 0.6) is 0 Å². The van der Waals surface area contributed by atoms with Gasteiger partial charge in [0.2, 0.25) is 5.91 Å². The average molecular weight is 209 g/mol. The number of likely N-dealkylation sites (N-methyl/N-ethyl adjacent to an activating group) is 1. The Hall–Kier alpha value is -1.62. The smallest absolute Gasteiger partial charge is 0.250 e. The molecule has 2 N–H and O–H groups in total. The first kappa shape index (κ1) is 11.5. The third-order valence-electron chi connectivity index (χ3n) is 1.91. The van der Waals surface area contributed by atoms with Gasteiger partial charge in [-0.15, -0.1) is 0 Å². The second kappa shape index (κ2) is 5.98. The first-order chi connectivity index (χ1) is 7.24. The van der Waals surface area contributed by atoms with Gasteiger partial charge in [-0.25, -0.2) is 0 Å². The van der Waals surface area contributed by atoms with E-state index in [-0.39, 0.29) is 18.0 Å². The van der Waals surface area contributed by atoms with E-state index in [2.05, 4.69) is 10.6 Å². The van der Waals surface area contributed by atoms with Crippen LogP contribution in [0.15, 0.2) is 29.2 Å². The fourth-order valence-corrected chi connectivity index (χ4v) is 1.13. The molecule has 82 valence electrons. The molecule has 1 aromatic heterocycles. The summed E-state index contributed by atoms with van der Waals surface area (Å²) >= 11 is 0. The lowest BCUT2D eigenvalue weighted by atomic mass is 10.4. The number of nitrogens with one attached hydrogen (secondary N) is 2. The lowest BCUT2D eigenvalue weighted by molar-refractivity contribution is -0.121. The van der Waals surface area contributed by atoms with Crippen molar-refractivity contribution in [3.05, 3.63) is 34.7 Å². The minimum atomic E-state index is -0.165. The molecule has 5 heteroatoms. The largest absolute Gasteiger partial charge is 0.353 e. The van der Waals surface area contributed by atoms with Gasteiger partial charge < -0.3 is 15.2 Å². The van der Waals surface area contributed by atoms with Gasteiger partial charge in [0.15, 0.2) is 0 Å². The molecule has 0 saturated heterocycles. The highest BCUT2D eigenvalue weighted by Crippen LogP contribution is 1.81. The van der Waals surface area contributed by atoms with Crippen LogP contribution in [-0.4, -0.2) is 30.6 Å². The van der Waals surface area contributed by atoms with Crippen molar-refractivity contribution in [2.24, 2.45) is 0 Å². The fourth-order valence-electron chi connectivity index (χ4n) is 1.13. The Morgan fingerprint density at radius 2 is 2.20 bits per heavy atom. The third-order valence-corrected chi connectivity index (χ3v) is 1.91. The maximum absolute atomic E-state index is 11.3. The van der Waals surface area contributed by atoms with Crippen LogP contribution in [0.25, 0.3) is 0 Å². The number of hydrogen-bond acceptors (Lipinski definition) is 3. The summed E-state index contributed by atoms with van der Waals surface area (Å²) in [5.74, 6) is -0.154. The summed E-state index contributed by atoms with van der Waals surface area (Å²) in [5, 5.41) is 5.61. The van der Waals surface area contributed by atoms with E-state index in [4.69, 9.17) is 0 Å². The minimum absolute atomic E-state index is 0.0728. The molecule has 1 rings (SSSR count). The van der Waals surface area contributed by atoms with E-state index < -0.39 is 0 Å². The van der Waals surface area contributed by atoms with Crippen LogP contribution in [0.1, 0.15) is 0 Å². The van der Waals surface area contributed by atoms with E-state index in [1.807, 2.05) is 7.05 Å². The molecule has 0 aliphatic rings. The summed E-state index contributed by atoms with van der Waals surface area (Å²) < 4.78 is 1.37. The van der Waals surface area contributed by atoms with Crippen LogP contribution in [0, 0.1) is 0 Å². The maximum atomic E-state index is 11.3. The average Bonchev–Trinajstić information content (AvgIpc) is 2.22. The van der Waals surface area contributed by atoms with Crippen LogP contribution in [0.2, 0.25) is 0 Å². The second-order valence-corrected chi connectivity index (χ2v) is 3.12. The van der Waals surface area contributed by atoms with Crippen molar-refractivity contribution in [1.82, 2.24) is 15.2 Å². The summed E-state index contributed by atoms with van der Waals surface area (Å²) in [5.41, 5.74) is -0.165. The van der Waals surface area contributed by atoms with Gasteiger partial charge in [0.05, 0.1) is 0 Å². The number of amides is 1. The van der Waals surface area contributed by atoms with Gasteiger partial charge >= 0.3 is 0 Å². The lowest BCUT2D eigenvalue weighted by Gasteiger charge is -2.06. The van der Waals surface area contributed by atoms with Gasteiger partial charge in [0.25, 0.3) is 5.56 Å². The Balaban J connectivity index is 2.45. The molecule has 0 atom stereocenters. The van der Waals surface area contributed by atoms with Crippen molar-refractivity contribution in [2.75, 3.05) is 20.1 Å². The van der Waals surface area contributed by atoms with Crippen LogP contribution in [0.4, 0.5) is 0 Å². The molecule has 0 saturated carbocycles. The van der Waals surface area contributed by atoms with Gasteiger partial charge in [-0.05, 0) is 13.1 Å². The molecular formula is C10H15N3O2. The van der Waals surface area contributed by atoms with E-state index in [0.717, 1.165) is 6.54 Å². The SMILES string of the molecule is CNCCNC(=O)Cn1ccccc1=O. The topological polar surface area (TPSA) is 63.1 Å². The summed E-state index contributed by atoms with van der Waals surface area (Å²) in [6.45, 7) is 1.36. The zero-order chi connectivity index (χ0) is 11.1. The van der Waals surface area contributed by atoms with Gasteiger partial charge in [-0.1, -0.05) is 6.07 Å². The summed E-state index contributed by atoms with van der Waals surface area (Å²) in [7, 11) is 1.81. The molecule has 0 unspecified atom stereocenters. The van der Waals surface area contributed by atoms with Crippen LogP contribution in [-0.2, 0) is 11.3 Å². The van der Waals surface area contributed by atoms with Crippen molar-refractivity contribution in [1.29, 1.82) is 0 Å². The molecule has 0 aliphatic carbocycles. The number of pyridine rings is 1. The summed E-state index contributed by atoms with van der Waals surface area (Å²) in [6.07, 6.45) is 1.60. The van der Waals surface area contributed by atoms with Crippen molar-refractivity contribution < 1.29 is 4.79 Å². The highest BCUT2D eigenvalue weighted by Gasteiger charge is 2.01. The third kappa shape index (κ3) is 3.95. The van der Waals surface area contributed by atoms with Crippen molar-refractivity contribution in [3.63, 3.8) is 0 Å². The second-order valence-electron chi connectivity index (χ2n) is 3.12. The molecule has 1 aromatic rings. The molecule has 0 aliphatic heterocycles. The first-order valence-electron chi connectivity index (χ1n) is 4.81. The quantitative estimate of drug-likeness (QED) is 0.623. The monoisotopic (exact) mass is 209 g/mol. The standard InChI is InChI=1S/C10H15N3O2/c1-11-5-6-12-9(14)8-13-7-3-2-4-10(13)15/h2-4,7,11H,5-6,8H2,1H3,(H,12,14). The van der Waals surface area contributed by atoms with Gasteiger partial charge in [-0.3, -0.25) is 9.59 Å². The molecule has 0 radical (unpaired) electrons. The Morgan fingerprint density at radius 3 is 2.87 bits per heavy atom. The molecule has 0 bridgehead atoms. The molecule has 0 spiro atoms. The number of nitrogens with zero attached hydrogens (tertiary/aromatic N) is 1. The Kier molecular flexibility index (Phi) is 4.56. The number of hydrogen-bond donors (Lipinski definition) is 2. The molecular weight excluding hydrogens is 194 g/mol. The predicted molar refractivity (Wildman–Crippen MR) is 57.6 cm³/mol. The molecule has 0 aromatic carbocycles. The molecule has 1 heterocycles. The van der Waals surface area contributed by atoms with Crippen molar-refractivity contribution in [3.8, 4) is 0 Å². The molecule has 5 nitrogen and oxygen atoms in total. The Labute approximate surface area is 88.1 Å². The zero-order valence-corrected chi connectivity index (χ0v) is 8.69. The van der Waals surface area contributed by atoms with E-state index in [0.29, 0.717) is 6.54 Å². The fraction of sp³-hybridized carbons (Fsp3) is 0.400. The summed E-state index contributed by atoms with van der Waals surface area (Å²) in [6, 6.07) is 4.81. The highest BCUT2D eigenvalue weighted by molar-refractivity contribution is 5.75. The number of rotatable bonds is 5.